The number of benzene rings is 1. The zero-order valence-electron chi connectivity index (χ0n) is 10.3. The Morgan fingerprint density at radius 2 is 2.05 bits per heavy atom. The molecule has 0 atom stereocenters. The van der Waals surface area contributed by atoms with E-state index in [1.807, 2.05) is 0 Å². The Balaban J connectivity index is 2.19. The molecule has 0 saturated heterocycles. The molecule has 19 heavy (non-hydrogen) atoms. The summed E-state index contributed by atoms with van der Waals surface area (Å²) in [5.41, 5.74) is -0.506. The number of rotatable bonds is 4. The highest BCUT2D eigenvalue weighted by molar-refractivity contribution is 9.10. The minimum absolute atomic E-state index is 0.230. The van der Waals surface area contributed by atoms with Crippen molar-refractivity contribution < 1.29 is 14.3 Å². The number of halogens is 3. The molecule has 0 bridgehead atoms. The van der Waals surface area contributed by atoms with E-state index >= 15 is 0 Å². The summed E-state index contributed by atoms with van der Waals surface area (Å²) in [7, 11) is 1.37. The minimum atomic E-state index is -0.506. The fraction of sp³-hybridized carbons (Fsp3) is 0.462. The lowest BCUT2D eigenvalue weighted by Crippen LogP contribution is -2.45. The Hall–Kier alpha value is -0.450. The molecule has 0 aliphatic heterocycles. The van der Waals surface area contributed by atoms with Crippen LogP contribution in [-0.2, 0) is 9.53 Å². The summed E-state index contributed by atoms with van der Waals surface area (Å²) in [4.78, 5) is 11.4. The molecule has 0 spiro atoms. The van der Waals surface area contributed by atoms with Crippen molar-refractivity contribution in [2.45, 2.75) is 31.3 Å². The fourth-order valence-electron chi connectivity index (χ4n) is 2.04. The number of carbonyl (C=O) groups excluding carboxylic acids is 1. The highest BCUT2D eigenvalue weighted by Gasteiger charge is 2.42. The molecule has 104 valence electrons. The standard InChI is InChI=1S/C13H13BrCl2O3/c1-18-12(17)7-13(3-2-4-13)19-11-6-9(15)8(14)5-10(11)16/h5-6H,2-4,7H2,1H3. The lowest BCUT2D eigenvalue weighted by atomic mass is 9.77. The van der Waals surface area contributed by atoms with E-state index in [9.17, 15) is 4.79 Å². The highest BCUT2D eigenvalue weighted by atomic mass is 79.9. The molecule has 1 aromatic rings. The van der Waals surface area contributed by atoms with Crippen molar-refractivity contribution >= 4 is 45.1 Å². The zero-order valence-corrected chi connectivity index (χ0v) is 13.4. The Labute approximate surface area is 130 Å². The third-order valence-corrected chi connectivity index (χ3v) is 4.75. The van der Waals surface area contributed by atoms with Crippen LogP contribution in [0.3, 0.4) is 0 Å². The number of carbonyl (C=O) groups is 1. The van der Waals surface area contributed by atoms with Crippen molar-refractivity contribution in [3.05, 3.63) is 26.7 Å². The van der Waals surface area contributed by atoms with E-state index in [2.05, 4.69) is 15.9 Å². The van der Waals surface area contributed by atoms with E-state index in [0.717, 1.165) is 19.3 Å². The van der Waals surface area contributed by atoms with Crippen LogP contribution < -0.4 is 4.74 Å². The number of hydrogen-bond acceptors (Lipinski definition) is 3. The van der Waals surface area contributed by atoms with Crippen LogP contribution in [0.5, 0.6) is 5.75 Å². The molecule has 3 nitrogen and oxygen atoms in total. The Bertz CT molecular complexity index is 501. The third kappa shape index (κ3) is 3.36. The highest BCUT2D eigenvalue weighted by Crippen LogP contribution is 2.43. The summed E-state index contributed by atoms with van der Waals surface area (Å²) >= 11 is 15.5. The van der Waals surface area contributed by atoms with Gasteiger partial charge in [-0.1, -0.05) is 23.2 Å². The molecule has 0 amide bonds. The van der Waals surface area contributed by atoms with Crippen molar-refractivity contribution in [1.29, 1.82) is 0 Å². The van der Waals surface area contributed by atoms with Gasteiger partial charge in [0.05, 0.1) is 23.6 Å². The molecule has 6 heteroatoms. The number of esters is 1. The number of hydrogen-bond donors (Lipinski definition) is 0. The lowest BCUT2D eigenvalue weighted by molar-refractivity contribution is -0.148. The second-order valence-electron chi connectivity index (χ2n) is 4.59. The normalized spacial score (nSPS) is 16.6. The van der Waals surface area contributed by atoms with Crippen LogP contribution in [0.1, 0.15) is 25.7 Å². The van der Waals surface area contributed by atoms with Crippen LogP contribution in [0.2, 0.25) is 10.0 Å². The van der Waals surface area contributed by atoms with Gasteiger partial charge in [-0.2, -0.15) is 0 Å². The molecular weight excluding hydrogens is 355 g/mol. The molecule has 1 aliphatic rings. The van der Waals surface area contributed by atoms with Gasteiger partial charge < -0.3 is 9.47 Å². The molecule has 0 aromatic heterocycles. The summed E-state index contributed by atoms with van der Waals surface area (Å²) < 4.78 is 11.4. The molecule has 2 rings (SSSR count). The van der Waals surface area contributed by atoms with E-state index in [1.165, 1.54) is 7.11 Å². The fourth-order valence-corrected chi connectivity index (χ4v) is 2.87. The zero-order chi connectivity index (χ0) is 14.0. The minimum Gasteiger partial charge on any atom is -0.485 e. The molecule has 0 N–H and O–H groups in total. The van der Waals surface area contributed by atoms with Crippen molar-refractivity contribution in [1.82, 2.24) is 0 Å². The van der Waals surface area contributed by atoms with Crippen LogP contribution in [0, 0.1) is 0 Å². The van der Waals surface area contributed by atoms with Crippen LogP contribution in [0.15, 0.2) is 16.6 Å². The van der Waals surface area contributed by atoms with Gasteiger partial charge in [0.2, 0.25) is 0 Å². The van der Waals surface area contributed by atoms with Gasteiger partial charge in [0.25, 0.3) is 0 Å². The molecule has 0 heterocycles. The van der Waals surface area contributed by atoms with Crippen LogP contribution >= 0.6 is 39.1 Å². The topological polar surface area (TPSA) is 35.5 Å². The van der Waals surface area contributed by atoms with Gasteiger partial charge in [-0.25, -0.2) is 0 Å². The quantitative estimate of drug-likeness (QED) is 0.575. The van der Waals surface area contributed by atoms with Gasteiger partial charge in [-0.15, -0.1) is 0 Å². The second-order valence-corrected chi connectivity index (χ2v) is 6.26. The maximum absolute atomic E-state index is 11.4. The molecule has 1 aliphatic carbocycles. The first-order chi connectivity index (χ1) is 8.96. The van der Waals surface area contributed by atoms with Gasteiger partial charge >= 0.3 is 5.97 Å². The average Bonchev–Trinajstić information content (AvgIpc) is 2.32. The number of methoxy groups -OCH3 is 1. The summed E-state index contributed by atoms with van der Waals surface area (Å²) in [6.07, 6.45) is 2.88. The molecular formula is C13H13BrCl2O3. The van der Waals surface area contributed by atoms with Crippen LogP contribution in [0.4, 0.5) is 0 Å². The van der Waals surface area contributed by atoms with Crippen LogP contribution in [0.25, 0.3) is 0 Å². The van der Waals surface area contributed by atoms with Crippen LogP contribution in [-0.4, -0.2) is 18.7 Å². The first-order valence-corrected chi connectivity index (χ1v) is 7.41. The first kappa shape index (κ1) is 14.9. The van der Waals surface area contributed by atoms with E-state index in [4.69, 9.17) is 32.7 Å². The van der Waals surface area contributed by atoms with Gasteiger partial charge in [0.15, 0.2) is 0 Å². The molecule has 1 aromatic carbocycles. The Morgan fingerprint density at radius 3 is 2.58 bits per heavy atom. The maximum Gasteiger partial charge on any atom is 0.309 e. The largest absolute Gasteiger partial charge is 0.485 e. The molecule has 1 fully saturated rings. The van der Waals surface area contributed by atoms with Crippen molar-refractivity contribution in [3.63, 3.8) is 0 Å². The summed E-state index contributed by atoms with van der Waals surface area (Å²) in [6, 6.07) is 3.34. The molecule has 1 saturated carbocycles. The van der Waals surface area contributed by atoms with E-state index in [0.29, 0.717) is 20.3 Å². The summed E-state index contributed by atoms with van der Waals surface area (Å²) in [5, 5.41) is 0.986. The predicted molar refractivity (Wildman–Crippen MR) is 78.0 cm³/mol. The summed E-state index contributed by atoms with van der Waals surface area (Å²) in [5.74, 6) is 0.220. The van der Waals surface area contributed by atoms with E-state index < -0.39 is 5.60 Å². The Kier molecular flexibility index (Phi) is 4.64. The van der Waals surface area contributed by atoms with Gasteiger partial charge in [-0.3, -0.25) is 4.79 Å². The van der Waals surface area contributed by atoms with Crippen molar-refractivity contribution in [3.8, 4) is 5.75 Å². The predicted octanol–water partition coefficient (Wildman–Crippen LogP) is 4.62. The van der Waals surface area contributed by atoms with E-state index in [1.54, 1.807) is 12.1 Å². The first-order valence-electron chi connectivity index (χ1n) is 5.86. The average molecular weight is 368 g/mol. The number of ether oxygens (including phenoxy) is 2. The molecule has 0 radical (unpaired) electrons. The molecule has 0 unspecified atom stereocenters. The van der Waals surface area contributed by atoms with Gasteiger partial charge in [0.1, 0.15) is 11.4 Å². The Morgan fingerprint density at radius 1 is 1.37 bits per heavy atom. The van der Waals surface area contributed by atoms with Crippen molar-refractivity contribution in [2.75, 3.05) is 7.11 Å². The third-order valence-electron chi connectivity index (χ3n) is 3.26. The van der Waals surface area contributed by atoms with Gasteiger partial charge in [0, 0.05) is 10.5 Å². The monoisotopic (exact) mass is 366 g/mol. The summed E-state index contributed by atoms with van der Waals surface area (Å²) in [6.45, 7) is 0. The van der Waals surface area contributed by atoms with Crippen molar-refractivity contribution in [2.24, 2.45) is 0 Å². The lowest BCUT2D eigenvalue weighted by Gasteiger charge is -2.41. The smallest absolute Gasteiger partial charge is 0.309 e. The van der Waals surface area contributed by atoms with Gasteiger partial charge in [-0.05, 0) is 41.3 Å². The van der Waals surface area contributed by atoms with E-state index in [-0.39, 0.29) is 12.4 Å². The SMILES string of the molecule is COC(=O)CC1(Oc2cc(Cl)c(Br)cc2Cl)CCC1. The maximum atomic E-state index is 11.4. The second kappa shape index (κ2) is 5.90.